The van der Waals surface area contributed by atoms with E-state index in [-0.39, 0.29) is 6.09 Å². The van der Waals surface area contributed by atoms with E-state index in [0.29, 0.717) is 18.9 Å². The van der Waals surface area contributed by atoms with Gasteiger partial charge in [0.05, 0.1) is 0 Å². The minimum atomic E-state index is -0.448. The van der Waals surface area contributed by atoms with Crippen molar-refractivity contribution >= 4 is 12.0 Å². The Labute approximate surface area is 186 Å². The summed E-state index contributed by atoms with van der Waals surface area (Å²) in [5.74, 6) is 0.337. The first-order valence-corrected chi connectivity index (χ1v) is 12.5. The van der Waals surface area contributed by atoms with Crippen LogP contribution in [0, 0.1) is 0 Å². The van der Waals surface area contributed by atoms with Crippen LogP contribution in [0.1, 0.15) is 125 Å². The highest BCUT2D eigenvalue weighted by Gasteiger charge is 2.15. The lowest BCUT2D eigenvalue weighted by atomic mass is 10.1. The van der Waals surface area contributed by atoms with E-state index in [1.807, 2.05) is 20.8 Å². The van der Waals surface area contributed by atoms with Crippen LogP contribution in [0.4, 0.5) is 4.79 Å². The van der Waals surface area contributed by atoms with Crippen LogP contribution < -0.4 is 5.32 Å². The fraction of sp³-hybridized carbons (Fsp3) is 0.920. The first-order valence-electron chi connectivity index (χ1n) is 12.5. The molecule has 0 heterocycles. The number of unbranched alkanes of at least 4 members (excludes halogenated alkanes) is 10. The maximum atomic E-state index is 12.6. The molecule has 0 aromatic rings. The Kier molecular flexibility index (Phi) is 17.7. The highest BCUT2D eigenvalue weighted by atomic mass is 16.6. The van der Waals surface area contributed by atoms with Crippen LogP contribution in [0.5, 0.6) is 0 Å². The van der Waals surface area contributed by atoms with Gasteiger partial charge >= 0.3 is 6.09 Å². The van der Waals surface area contributed by atoms with Gasteiger partial charge in [0.25, 0.3) is 0 Å². The van der Waals surface area contributed by atoms with Crippen molar-refractivity contribution in [2.75, 3.05) is 19.6 Å². The molecular weight excluding hydrogens is 376 g/mol. The number of carbonyl (C=O) groups is 2. The van der Waals surface area contributed by atoms with Crippen molar-refractivity contribution in [3.05, 3.63) is 0 Å². The number of ether oxygens (including phenoxy) is 1. The third-order valence-electron chi connectivity index (χ3n) is 5.15. The number of amides is 2. The average Bonchev–Trinajstić information content (AvgIpc) is 2.67. The molecule has 0 aromatic carbocycles. The predicted molar refractivity (Wildman–Crippen MR) is 127 cm³/mol. The van der Waals surface area contributed by atoms with Gasteiger partial charge in [-0.1, -0.05) is 71.6 Å². The van der Waals surface area contributed by atoms with Crippen LogP contribution in [0.2, 0.25) is 0 Å². The van der Waals surface area contributed by atoms with Crippen LogP contribution in [0.15, 0.2) is 0 Å². The summed E-state index contributed by atoms with van der Waals surface area (Å²) >= 11 is 0. The SMILES string of the molecule is CCCCCCCCN(CCCC)C(=O)CCCCCCCNC(=O)OC(C)(C)C. The van der Waals surface area contributed by atoms with Gasteiger partial charge < -0.3 is 15.0 Å². The molecular formula is C25H50N2O3. The second kappa shape index (κ2) is 18.5. The van der Waals surface area contributed by atoms with E-state index in [1.165, 1.54) is 32.1 Å². The summed E-state index contributed by atoms with van der Waals surface area (Å²) in [7, 11) is 0. The molecule has 0 radical (unpaired) electrons. The molecule has 0 aliphatic carbocycles. The van der Waals surface area contributed by atoms with Crippen molar-refractivity contribution in [2.24, 2.45) is 0 Å². The number of alkyl carbamates (subject to hydrolysis) is 1. The number of hydrogen-bond donors (Lipinski definition) is 1. The third-order valence-corrected chi connectivity index (χ3v) is 5.15. The topological polar surface area (TPSA) is 58.6 Å². The fourth-order valence-corrected chi connectivity index (χ4v) is 3.39. The molecule has 0 spiro atoms. The molecule has 0 aliphatic heterocycles. The molecule has 0 bridgehead atoms. The maximum absolute atomic E-state index is 12.6. The smallest absolute Gasteiger partial charge is 0.407 e. The van der Waals surface area contributed by atoms with Gasteiger partial charge in [0.1, 0.15) is 5.60 Å². The lowest BCUT2D eigenvalue weighted by Gasteiger charge is -2.22. The Hall–Kier alpha value is -1.26. The summed E-state index contributed by atoms with van der Waals surface area (Å²) in [5, 5.41) is 2.80. The standard InChI is InChI=1S/C25H50N2O3/c1-6-8-10-11-15-18-22-27(21-9-7-2)23(28)19-16-13-12-14-17-20-26-24(29)30-25(3,4)5/h6-22H2,1-5H3,(H,26,29). The van der Waals surface area contributed by atoms with Gasteiger partial charge in [0.2, 0.25) is 5.91 Å². The van der Waals surface area contributed by atoms with Gasteiger partial charge in [-0.2, -0.15) is 0 Å². The lowest BCUT2D eigenvalue weighted by Crippen LogP contribution is -2.33. The summed E-state index contributed by atoms with van der Waals surface area (Å²) in [4.78, 5) is 26.3. The highest BCUT2D eigenvalue weighted by molar-refractivity contribution is 5.76. The van der Waals surface area contributed by atoms with Crippen molar-refractivity contribution in [1.29, 1.82) is 0 Å². The molecule has 0 rings (SSSR count). The molecule has 0 saturated heterocycles. The second-order valence-corrected chi connectivity index (χ2v) is 9.45. The molecule has 5 heteroatoms. The monoisotopic (exact) mass is 426 g/mol. The van der Waals surface area contributed by atoms with Gasteiger partial charge in [0, 0.05) is 26.1 Å². The first kappa shape index (κ1) is 28.7. The van der Waals surface area contributed by atoms with E-state index < -0.39 is 5.60 Å². The highest BCUT2D eigenvalue weighted by Crippen LogP contribution is 2.11. The Morgan fingerprint density at radius 1 is 0.733 bits per heavy atom. The van der Waals surface area contributed by atoms with Crippen LogP contribution in [-0.2, 0) is 9.53 Å². The first-order chi connectivity index (χ1) is 14.3. The lowest BCUT2D eigenvalue weighted by molar-refractivity contribution is -0.131. The number of nitrogens with zero attached hydrogens (tertiary/aromatic N) is 1. The second-order valence-electron chi connectivity index (χ2n) is 9.45. The Bertz CT molecular complexity index is 433. The zero-order chi connectivity index (χ0) is 22.7. The minimum Gasteiger partial charge on any atom is -0.444 e. The Morgan fingerprint density at radius 2 is 1.27 bits per heavy atom. The molecule has 30 heavy (non-hydrogen) atoms. The van der Waals surface area contributed by atoms with Gasteiger partial charge in [-0.15, -0.1) is 0 Å². The normalized spacial score (nSPS) is 11.4. The summed E-state index contributed by atoms with van der Waals surface area (Å²) < 4.78 is 5.22. The van der Waals surface area contributed by atoms with Crippen molar-refractivity contribution in [3.8, 4) is 0 Å². The molecule has 1 N–H and O–H groups in total. The Balaban J connectivity index is 3.82. The Morgan fingerprint density at radius 3 is 1.90 bits per heavy atom. The zero-order valence-corrected chi connectivity index (χ0v) is 20.7. The summed E-state index contributed by atoms with van der Waals surface area (Å²) in [6.45, 7) is 12.5. The molecule has 0 fully saturated rings. The van der Waals surface area contributed by atoms with Gasteiger partial charge in [0.15, 0.2) is 0 Å². The molecule has 2 amide bonds. The van der Waals surface area contributed by atoms with Crippen LogP contribution in [0.3, 0.4) is 0 Å². The van der Waals surface area contributed by atoms with Crippen molar-refractivity contribution < 1.29 is 14.3 Å². The third kappa shape index (κ3) is 18.7. The van der Waals surface area contributed by atoms with Crippen LogP contribution in [0.25, 0.3) is 0 Å². The van der Waals surface area contributed by atoms with E-state index in [1.54, 1.807) is 0 Å². The van der Waals surface area contributed by atoms with E-state index in [0.717, 1.165) is 64.5 Å². The molecule has 0 aromatic heterocycles. The molecule has 0 unspecified atom stereocenters. The van der Waals surface area contributed by atoms with E-state index in [2.05, 4.69) is 24.1 Å². The number of carbonyl (C=O) groups excluding carboxylic acids is 2. The average molecular weight is 427 g/mol. The van der Waals surface area contributed by atoms with Crippen molar-refractivity contribution in [2.45, 2.75) is 130 Å². The molecule has 5 nitrogen and oxygen atoms in total. The number of hydrogen-bond acceptors (Lipinski definition) is 3. The molecule has 0 saturated carbocycles. The van der Waals surface area contributed by atoms with Crippen LogP contribution >= 0.6 is 0 Å². The molecule has 178 valence electrons. The van der Waals surface area contributed by atoms with Gasteiger partial charge in [-0.25, -0.2) is 4.79 Å². The molecule has 0 atom stereocenters. The van der Waals surface area contributed by atoms with E-state index >= 15 is 0 Å². The van der Waals surface area contributed by atoms with Crippen molar-refractivity contribution in [3.63, 3.8) is 0 Å². The molecule has 0 aliphatic rings. The zero-order valence-electron chi connectivity index (χ0n) is 20.7. The van der Waals surface area contributed by atoms with E-state index in [9.17, 15) is 9.59 Å². The minimum absolute atomic E-state index is 0.337. The summed E-state index contributed by atoms with van der Waals surface area (Å²) in [5.41, 5.74) is -0.448. The number of nitrogens with one attached hydrogen (secondary N) is 1. The maximum Gasteiger partial charge on any atom is 0.407 e. The largest absolute Gasteiger partial charge is 0.444 e. The quantitative estimate of drug-likeness (QED) is 0.244. The van der Waals surface area contributed by atoms with Gasteiger partial charge in [-0.05, 0) is 46.5 Å². The summed E-state index contributed by atoms with van der Waals surface area (Å²) in [6.07, 6.45) is 15.4. The predicted octanol–water partition coefficient (Wildman–Crippen LogP) is 6.84. The summed E-state index contributed by atoms with van der Waals surface area (Å²) in [6, 6.07) is 0. The number of rotatable bonds is 18. The van der Waals surface area contributed by atoms with Crippen molar-refractivity contribution in [1.82, 2.24) is 10.2 Å². The van der Waals surface area contributed by atoms with Gasteiger partial charge in [-0.3, -0.25) is 4.79 Å². The van der Waals surface area contributed by atoms with E-state index in [4.69, 9.17) is 4.74 Å². The fourth-order valence-electron chi connectivity index (χ4n) is 3.39. The van der Waals surface area contributed by atoms with Crippen LogP contribution in [-0.4, -0.2) is 42.1 Å².